The van der Waals surface area contributed by atoms with Gasteiger partial charge in [-0.2, -0.15) is 0 Å². The number of nitrogens with zero attached hydrogens (tertiary/aromatic N) is 1. The van der Waals surface area contributed by atoms with Crippen LogP contribution in [0.1, 0.15) is 12.0 Å². The van der Waals surface area contributed by atoms with Gasteiger partial charge >= 0.3 is 0 Å². The fourth-order valence-electron chi connectivity index (χ4n) is 2.11. The van der Waals surface area contributed by atoms with Gasteiger partial charge in [0, 0.05) is 31.9 Å². The molecule has 1 atom stereocenters. The number of nitrogens with two attached hydrogens (primary N) is 1. The van der Waals surface area contributed by atoms with Crippen molar-refractivity contribution in [2.45, 2.75) is 23.9 Å². The summed E-state index contributed by atoms with van der Waals surface area (Å²) in [6.45, 7) is 2.79. The molecule has 0 unspecified atom stereocenters. The number of benzene rings is 1. The van der Waals surface area contributed by atoms with Gasteiger partial charge in [-0.05, 0) is 24.1 Å². The molecule has 1 heterocycles. The van der Waals surface area contributed by atoms with Crippen molar-refractivity contribution in [2.24, 2.45) is 5.73 Å². The first-order valence-corrected chi connectivity index (χ1v) is 7.61. The second-order valence-electron chi connectivity index (χ2n) is 4.70. The highest BCUT2D eigenvalue weighted by atomic mass is 35.5. The van der Waals surface area contributed by atoms with Crippen molar-refractivity contribution in [3.05, 3.63) is 29.8 Å². The maximum absolute atomic E-state index is 11.3. The third-order valence-corrected chi connectivity index (χ3v) is 4.19. The minimum absolute atomic E-state index is 0. The lowest BCUT2D eigenvalue weighted by atomic mass is 10.2. The lowest BCUT2D eigenvalue weighted by molar-refractivity contribution is 0.327. The average molecular weight is 291 g/mol. The Morgan fingerprint density at radius 3 is 2.39 bits per heavy atom. The van der Waals surface area contributed by atoms with Gasteiger partial charge in [0.1, 0.15) is 0 Å². The molecule has 1 aromatic carbocycles. The van der Waals surface area contributed by atoms with E-state index < -0.39 is 9.84 Å². The molecule has 0 saturated carbocycles. The molecular weight excluding hydrogens is 272 g/mol. The number of hydrogen-bond donors (Lipinski definition) is 1. The predicted octanol–water partition coefficient (Wildman–Crippen LogP) is 1.04. The highest BCUT2D eigenvalue weighted by Crippen LogP contribution is 2.15. The summed E-state index contributed by atoms with van der Waals surface area (Å²) >= 11 is 0. The summed E-state index contributed by atoms with van der Waals surface area (Å²) in [5, 5.41) is 0. The van der Waals surface area contributed by atoms with Gasteiger partial charge in [-0.25, -0.2) is 8.42 Å². The van der Waals surface area contributed by atoms with Gasteiger partial charge in [-0.1, -0.05) is 12.1 Å². The zero-order valence-electron chi connectivity index (χ0n) is 10.4. The molecule has 0 radical (unpaired) electrons. The fraction of sp³-hybridized carbons (Fsp3) is 0.500. The largest absolute Gasteiger partial charge is 0.326 e. The maximum atomic E-state index is 11.3. The minimum atomic E-state index is -3.09. The molecule has 102 valence electrons. The Bertz CT molecular complexity index is 487. The molecule has 0 amide bonds. The lowest BCUT2D eigenvalue weighted by Gasteiger charge is -2.15. The Morgan fingerprint density at radius 1 is 1.33 bits per heavy atom. The number of likely N-dealkylation sites (tertiary alicyclic amines) is 1. The van der Waals surface area contributed by atoms with Crippen LogP contribution in [0.4, 0.5) is 0 Å². The van der Waals surface area contributed by atoms with Crippen molar-refractivity contribution < 1.29 is 8.42 Å². The van der Waals surface area contributed by atoms with Gasteiger partial charge < -0.3 is 5.73 Å². The molecule has 0 aliphatic carbocycles. The van der Waals surface area contributed by atoms with Crippen LogP contribution < -0.4 is 5.73 Å². The van der Waals surface area contributed by atoms with E-state index in [-0.39, 0.29) is 18.4 Å². The fourth-order valence-corrected chi connectivity index (χ4v) is 2.74. The number of hydrogen-bond acceptors (Lipinski definition) is 4. The smallest absolute Gasteiger partial charge is 0.175 e. The van der Waals surface area contributed by atoms with Gasteiger partial charge in [0.25, 0.3) is 0 Å². The summed E-state index contributed by atoms with van der Waals surface area (Å²) in [5.74, 6) is 0. The van der Waals surface area contributed by atoms with E-state index in [2.05, 4.69) is 4.90 Å². The third kappa shape index (κ3) is 3.95. The first-order chi connectivity index (χ1) is 7.95. The molecule has 18 heavy (non-hydrogen) atoms. The van der Waals surface area contributed by atoms with E-state index >= 15 is 0 Å². The summed E-state index contributed by atoms with van der Waals surface area (Å²) in [7, 11) is -3.09. The first-order valence-electron chi connectivity index (χ1n) is 5.72. The molecule has 2 rings (SSSR count). The van der Waals surface area contributed by atoms with Crippen molar-refractivity contribution in [2.75, 3.05) is 19.3 Å². The van der Waals surface area contributed by atoms with Gasteiger partial charge in [0.05, 0.1) is 4.90 Å². The monoisotopic (exact) mass is 290 g/mol. The van der Waals surface area contributed by atoms with E-state index in [1.165, 1.54) is 6.26 Å². The normalized spacial score (nSPS) is 20.7. The van der Waals surface area contributed by atoms with Crippen molar-refractivity contribution in [1.29, 1.82) is 0 Å². The first kappa shape index (κ1) is 15.4. The topological polar surface area (TPSA) is 63.4 Å². The summed E-state index contributed by atoms with van der Waals surface area (Å²) in [6.07, 6.45) is 2.27. The van der Waals surface area contributed by atoms with Gasteiger partial charge in [0.2, 0.25) is 0 Å². The molecule has 2 N–H and O–H groups in total. The molecule has 6 heteroatoms. The van der Waals surface area contributed by atoms with Crippen LogP contribution in [0.5, 0.6) is 0 Å². The van der Waals surface area contributed by atoms with Gasteiger partial charge in [0.15, 0.2) is 9.84 Å². The lowest BCUT2D eigenvalue weighted by Crippen LogP contribution is -2.26. The summed E-state index contributed by atoms with van der Waals surface area (Å²) in [5.41, 5.74) is 6.97. The van der Waals surface area contributed by atoms with E-state index in [1.54, 1.807) is 12.1 Å². The Kier molecular flexibility index (Phi) is 5.16. The molecule has 0 bridgehead atoms. The van der Waals surface area contributed by atoms with Crippen LogP contribution in [0.15, 0.2) is 29.2 Å². The van der Waals surface area contributed by atoms with Crippen LogP contribution in [-0.2, 0) is 16.4 Å². The molecule has 1 saturated heterocycles. The van der Waals surface area contributed by atoms with Gasteiger partial charge in [-0.3, -0.25) is 4.90 Å². The molecular formula is C12H19ClN2O2S. The minimum Gasteiger partial charge on any atom is -0.326 e. The number of rotatable bonds is 3. The van der Waals surface area contributed by atoms with Crippen molar-refractivity contribution >= 4 is 22.2 Å². The van der Waals surface area contributed by atoms with Crippen LogP contribution in [0, 0.1) is 0 Å². The Balaban J connectivity index is 0.00000162. The SMILES string of the molecule is CS(=O)(=O)c1ccc(CN2CC[C@@H](N)C2)cc1.Cl. The van der Waals surface area contributed by atoms with E-state index in [9.17, 15) is 8.42 Å². The van der Waals surface area contributed by atoms with Gasteiger partial charge in [-0.15, -0.1) is 12.4 Å². The summed E-state index contributed by atoms with van der Waals surface area (Å²) in [6, 6.07) is 7.37. The van der Waals surface area contributed by atoms with Crippen molar-refractivity contribution in [1.82, 2.24) is 4.90 Å². The number of halogens is 1. The predicted molar refractivity (Wildman–Crippen MR) is 74.7 cm³/mol. The second kappa shape index (κ2) is 6.02. The quantitative estimate of drug-likeness (QED) is 0.904. The molecule has 4 nitrogen and oxygen atoms in total. The highest BCUT2D eigenvalue weighted by molar-refractivity contribution is 7.90. The number of sulfone groups is 1. The summed E-state index contributed by atoms with van der Waals surface area (Å²) < 4.78 is 22.6. The second-order valence-corrected chi connectivity index (χ2v) is 6.72. The van der Waals surface area contributed by atoms with Crippen LogP contribution >= 0.6 is 12.4 Å². The van der Waals surface area contributed by atoms with Crippen LogP contribution in [-0.4, -0.2) is 38.7 Å². The van der Waals surface area contributed by atoms with E-state index in [4.69, 9.17) is 5.73 Å². The molecule has 1 fully saturated rings. The maximum Gasteiger partial charge on any atom is 0.175 e. The Hall–Kier alpha value is -0.620. The summed E-state index contributed by atoms with van der Waals surface area (Å²) in [4.78, 5) is 2.67. The average Bonchev–Trinajstić information content (AvgIpc) is 2.63. The Morgan fingerprint density at radius 2 is 1.94 bits per heavy atom. The zero-order chi connectivity index (χ0) is 12.5. The van der Waals surface area contributed by atoms with Crippen molar-refractivity contribution in [3.63, 3.8) is 0 Å². The standard InChI is InChI=1S/C12H18N2O2S.ClH/c1-17(15,16)12-4-2-10(3-5-12)8-14-7-6-11(13)9-14;/h2-5,11H,6-9,13H2,1H3;1H/t11-;/m1./s1. The van der Waals surface area contributed by atoms with E-state index in [0.717, 1.165) is 31.6 Å². The molecule has 1 aliphatic heterocycles. The van der Waals surface area contributed by atoms with Crippen LogP contribution in [0.2, 0.25) is 0 Å². The molecule has 0 spiro atoms. The molecule has 0 aromatic heterocycles. The Labute approximate surface area is 114 Å². The van der Waals surface area contributed by atoms with Crippen LogP contribution in [0.3, 0.4) is 0 Å². The molecule has 1 aliphatic rings. The van der Waals surface area contributed by atoms with Crippen LogP contribution in [0.25, 0.3) is 0 Å². The highest BCUT2D eigenvalue weighted by Gasteiger charge is 2.18. The molecule has 1 aromatic rings. The van der Waals surface area contributed by atoms with Crippen molar-refractivity contribution in [3.8, 4) is 0 Å². The van der Waals surface area contributed by atoms with E-state index in [0.29, 0.717) is 4.90 Å². The van der Waals surface area contributed by atoms with E-state index in [1.807, 2.05) is 12.1 Å². The third-order valence-electron chi connectivity index (χ3n) is 3.07. The zero-order valence-corrected chi connectivity index (χ0v) is 12.0.